The van der Waals surface area contributed by atoms with Crippen LogP contribution >= 0.6 is 0 Å². The van der Waals surface area contributed by atoms with Gasteiger partial charge in [-0.15, -0.1) is 0 Å². The van der Waals surface area contributed by atoms with E-state index in [0.717, 1.165) is 11.3 Å². The van der Waals surface area contributed by atoms with E-state index in [0.29, 0.717) is 12.1 Å². The number of hydrogen-bond acceptors (Lipinski definition) is 2. The largest absolute Gasteiger partial charge is 0.478 e. The lowest BCUT2D eigenvalue weighted by Crippen LogP contribution is -2.01. The molecule has 0 saturated carbocycles. The molecule has 0 amide bonds. The number of nitrogens with one attached hydrogen (secondary N) is 1. The minimum absolute atomic E-state index is 0.314. The predicted molar refractivity (Wildman–Crippen MR) is 71.9 cm³/mol. The first-order valence-electron chi connectivity index (χ1n) is 5.78. The monoisotopic (exact) mass is 241 g/mol. The molecule has 0 unspecified atom stereocenters. The molecule has 0 aliphatic heterocycles. The predicted octanol–water partition coefficient (Wildman–Crippen LogP) is 3.31. The summed E-state index contributed by atoms with van der Waals surface area (Å²) in [6.45, 7) is 2.73. The highest BCUT2D eigenvalue weighted by atomic mass is 16.4. The zero-order valence-electron chi connectivity index (χ0n) is 10.2. The number of hydrogen-bond donors (Lipinski definition) is 2. The molecule has 0 aliphatic rings. The Morgan fingerprint density at radius 3 is 2.22 bits per heavy atom. The van der Waals surface area contributed by atoms with Crippen LogP contribution in [0.1, 0.15) is 21.5 Å². The van der Waals surface area contributed by atoms with Crippen LogP contribution in [-0.4, -0.2) is 11.1 Å². The number of anilines is 1. The Labute approximate surface area is 106 Å². The second kappa shape index (κ2) is 5.36. The Bertz CT molecular complexity index is 529. The molecular weight excluding hydrogens is 226 g/mol. The van der Waals surface area contributed by atoms with Crippen molar-refractivity contribution >= 4 is 11.7 Å². The van der Waals surface area contributed by atoms with Crippen molar-refractivity contribution in [2.75, 3.05) is 5.32 Å². The molecule has 3 heteroatoms. The maximum absolute atomic E-state index is 10.7. The van der Waals surface area contributed by atoms with Crippen LogP contribution in [-0.2, 0) is 6.54 Å². The molecule has 0 fully saturated rings. The lowest BCUT2D eigenvalue weighted by molar-refractivity contribution is 0.0697. The summed E-state index contributed by atoms with van der Waals surface area (Å²) >= 11 is 0. The summed E-state index contributed by atoms with van der Waals surface area (Å²) < 4.78 is 0. The average molecular weight is 241 g/mol. The van der Waals surface area contributed by atoms with Crippen LogP contribution in [0.3, 0.4) is 0 Å². The molecule has 0 saturated heterocycles. The quantitative estimate of drug-likeness (QED) is 0.863. The van der Waals surface area contributed by atoms with Crippen molar-refractivity contribution in [3.05, 3.63) is 65.2 Å². The fourth-order valence-electron chi connectivity index (χ4n) is 1.64. The van der Waals surface area contributed by atoms with Crippen LogP contribution < -0.4 is 5.32 Å². The highest BCUT2D eigenvalue weighted by molar-refractivity contribution is 5.87. The van der Waals surface area contributed by atoms with Crippen LogP contribution in [0.4, 0.5) is 5.69 Å². The highest BCUT2D eigenvalue weighted by Gasteiger charge is 2.01. The van der Waals surface area contributed by atoms with E-state index in [9.17, 15) is 4.79 Å². The number of carboxylic acids is 1. The Morgan fingerprint density at radius 2 is 1.67 bits per heavy atom. The van der Waals surface area contributed by atoms with E-state index in [4.69, 9.17) is 5.11 Å². The van der Waals surface area contributed by atoms with Gasteiger partial charge in [0.25, 0.3) is 0 Å². The van der Waals surface area contributed by atoms with E-state index in [-0.39, 0.29) is 0 Å². The second-order valence-corrected chi connectivity index (χ2v) is 4.22. The number of aromatic carboxylic acids is 1. The van der Waals surface area contributed by atoms with Gasteiger partial charge in [0.1, 0.15) is 0 Å². The molecule has 0 spiro atoms. The smallest absolute Gasteiger partial charge is 0.335 e. The molecule has 92 valence electrons. The molecule has 0 radical (unpaired) electrons. The van der Waals surface area contributed by atoms with Gasteiger partial charge in [-0.25, -0.2) is 4.79 Å². The van der Waals surface area contributed by atoms with Gasteiger partial charge in [-0.2, -0.15) is 0 Å². The summed E-state index contributed by atoms with van der Waals surface area (Å²) in [6, 6.07) is 15.0. The summed E-state index contributed by atoms with van der Waals surface area (Å²) in [5, 5.41) is 12.1. The third kappa shape index (κ3) is 3.10. The van der Waals surface area contributed by atoms with E-state index < -0.39 is 5.97 Å². The Hall–Kier alpha value is -2.29. The Kier molecular flexibility index (Phi) is 3.63. The summed E-state index contributed by atoms with van der Waals surface area (Å²) in [4.78, 5) is 10.7. The normalized spacial score (nSPS) is 10.1. The molecule has 0 heterocycles. The maximum Gasteiger partial charge on any atom is 0.335 e. The van der Waals surface area contributed by atoms with Gasteiger partial charge in [0, 0.05) is 12.2 Å². The van der Waals surface area contributed by atoms with E-state index in [1.807, 2.05) is 24.3 Å². The van der Waals surface area contributed by atoms with Crippen LogP contribution in [0.25, 0.3) is 0 Å². The third-order valence-corrected chi connectivity index (χ3v) is 2.75. The van der Waals surface area contributed by atoms with Crippen LogP contribution in [0.2, 0.25) is 0 Å². The van der Waals surface area contributed by atoms with E-state index >= 15 is 0 Å². The summed E-state index contributed by atoms with van der Waals surface area (Å²) in [7, 11) is 0. The number of aryl methyl sites for hydroxylation is 1. The summed E-state index contributed by atoms with van der Waals surface area (Å²) in [6.07, 6.45) is 0. The van der Waals surface area contributed by atoms with Crippen molar-refractivity contribution in [2.24, 2.45) is 0 Å². The van der Waals surface area contributed by atoms with E-state index in [2.05, 4.69) is 24.4 Å². The fourth-order valence-corrected chi connectivity index (χ4v) is 1.64. The molecule has 0 atom stereocenters. The fraction of sp³-hybridized carbons (Fsp3) is 0.133. The van der Waals surface area contributed by atoms with Gasteiger partial charge >= 0.3 is 5.97 Å². The van der Waals surface area contributed by atoms with Gasteiger partial charge in [0.15, 0.2) is 0 Å². The zero-order chi connectivity index (χ0) is 13.0. The molecule has 2 N–H and O–H groups in total. The van der Waals surface area contributed by atoms with Crippen molar-refractivity contribution in [2.45, 2.75) is 13.5 Å². The van der Waals surface area contributed by atoms with Gasteiger partial charge in [-0.05, 0) is 36.8 Å². The van der Waals surface area contributed by atoms with Crippen LogP contribution in [0.5, 0.6) is 0 Å². The SMILES string of the molecule is Cc1ccc(NCc2ccc(C(=O)O)cc2)cc1. The molecule has 2 aromatic rings. The van der Waals surface area contributed by atoms with Crippen molar-refractivity contribution < 1.29 is 9.90 Å². The van der Waals surface area contributed by atoms with Gasteiger partial charge in [-0.3, -0.25) is 0 Å². The molecule has 0 bridgehead atoms. The first kappa shape index (κ1) is 12.2. The lowest BCUT2D eigenvalue weighted by Gasteiger charge is -2.07. The zero-order valence-corrected chi connectivity index (χ0v) is 10.2. The van der Waals surface area contributed by atoms with Crippen LogP contribution in [0, 0.1) is 6.92 Å². The second-order valence-electron chi connectivity index (χ2n) is 4.22. The van der Waals surface area contributed by atoms with Crippen molar-refractivity contribution in [3.63, 3.8) is 0 Å². The van der Waals surface area contributed by atoms with E-state index in [1.54, 1.807) is 12.1 Å². The van der Waals surface area contributed by atoms with E-state index in [1.165, 1.54) is 5.56 Å². The molecule has 3 nitrogen and oxygen atoms in total. The minimum Gasteiger partial charge on any atom is -0.478 e. The molecule has 18 heavy (non-hydrogen) atoms. The standard InChI is InChI=1S/C15H15NO2/c1-11-2-8-14(9-3-11)16-10-12-4-6-13(7-5-12)15(17)18/h2-9,16H,10H2,1H3,(H,17,18). The first-order chi connectivity index (χ1) is 8.65. The Balaban J connectivity index is 1.97. The third-order valence-electron chi connectivity index (χ3n) is 2.75. The number of carboxylic acid groups (broad SMARTS) is 1. The van der Waals surface area contributed by atoms with Gasteiger partial charge in [-0.1, -0.05) is 29.8 Å². The topological polar surface area (TPSA) is 49.3 Å². The molecular formula is C15H15NO2. The highest BCUT2D eigenvalue weighted by Crippen LogP contribution is 2.11. The number of benzene rings is 2. The van der Waals surface area contributed by atoms with Gasteiger partial charge in [0.05, 0.1) is 5.56 Å². The first-order valence-corrected chi connectivity index (χ1v) is 5.78. The van der Waals surface area contributed by atoms with Gasteiger partial charge in [0.2, 0.25) is 0 Å². The number of rotatable bonds is 4. The molecule has 2 rings (SSSR count). The lowest BCUT2D eigenvalue weighted by atomic mass is 10.1. The number of carbonyl (C=O) groups is 1. The van der Waals surface area contributed by atoms with Crippen LogP contribution in [0.15, 0.2) is 48.5 Å². The van der Waals surface area contributed by atoms with Crippen molar-refractivity contribution in [1.29, 1.82) is 0 Å². The van der Waals surface area contributed by atoms with Crippen molar-refractivity contribution in [3.8, 4) is 0 Å². The molecule has 0 aromatic heterocycles. The maximum atomic E-state index is 10.7. The van der Waals surface area contributed by atoms with Crippen molar-refractivity contribution in [1.82, 2.24) is 0 Å². The summed E-state index contributed by atoms with van der Waals surface area (Å²) in [5.74, 6) is -0.895. The molecule has 2 aromatic carbocycles. The average Bonchev–Trinajstić information content (AvgIpc) is 2.38. The Morgan fingerprint density at radius 1 is 1.06 bits per heavy atom. The summed E-state index contributed by atoms with van der Waals surface area (Å²) in [5.41, 5.74) is 3.66. The molecule has 0 aliphatic carbocycles. The minimum atomic E-state index is -0.895. The van der Waals surface area contributed by atoms with Gasteiger partial charge < -0.3 is 10.4 Å².